The smallest absolute Gasteiger partial charge is 0.277 e. The highest BCUT2D eigenvalue weighted by Gasteiger charge is 2.18. The van der Waals surface area contributed by atoms with Gasteiger partial charge in [0.2, 0.25) is 5.91 Å². The third kappa shape index (κ3) is 5.83. The van der Waals surface area contributed by atoms with Crippen molar-refractivity contribution in [3.63, 3.8) is 0 Å². The molecule has 1 amide bonds. The molecule has 1 aromatic heterocycles. The van der Waals surface area contributed by atoms with Crippen LogP contribution < -0.4 is 10.1 Å². The van der Waals surface area contributed by atoms with Crippen molar-refractivity contribution in [1.29, 1.82) is 0 Å². The number of halogens is 1. The van der Waals surface area contributed by atoms with Crippen molar-refractivity contribution < 1.29 is 13.9 Å². The fraction of sp³-hybridized carbons (Fsp3) is 0.211. The van der Waals surface area contributed by atoms with Crippen molar-refractivity contribution >= 4 is 39.3 Å². The van der Waals surface area contributed by atoms with E-state index in [4.69, 9.17) is 9.15 Å². The Morgan fingerprint density at radius 3 is 2.78 bits per heavy atom. The van der Waals surface area contributed by atoms with Gasteiger partial charge in [0.05, 0.1) is 5.25 Å². The highest BCUT2D eigenvalue weighted by Crippen LogP contribution is 2.24. The zero-order valence-electron chi connectivity index (χ0n) is 14.8. The van der Waals surface area contributed by atoms with Crippen molar-refractivity contribution in [1.82, 2.24) is 10.2 Å². The van der Waals surface area contributed by atoms with E-state index in [1.54, 1.807) is 6.92 Å². The first-order valence-corrected chi connectivity index (χ1v) is 9.92. The van der Waals surface area contributed by atoms with Crippen LogP contribution in [0.5, 0.6) is 5.75 Å². The second-order valence-corrected chi connectivity index (χ2v) is 8.03. The molecule has 0 fully saturated rings. The number of thioether (sulfide) groups is 1. The maximum absolute atomic E-state index is 12.3. The van der Waals surface area contributed by atoms with Gasteiger partial charge in [-0.2, -0.15) is 0 Å². The highest BCUT2D eigenvalue weighted by atomic mass is 79.9. The molecule has 0 aliphatic rings. The molecule has 0 bridgehead atoms. The van der Waals surface area contributed by atoms with Crippen molar-refractivity contribution in [3.05, 3.63) is 64.5 Å². The summed E-state index contributed by atoms with van der Waals surface area (Å²) in [6, 6.07) is 15.1. The molecule has 0 aliphatic carbocycles. The number of hydrogen-bond donors (Lipinski definition) is 1. The predicted octanol–water partition coefficient (Wildman–Crippen LogP) is 4.84. The summed E-state index contributed by atoms with van der Waals surface area (Å²) in [5.74, 6) is 0.960. The van der Waals surface area contributed by atoms with Gasteiger partial charge >= 0.3 is 0 Å². The second kappa shape index (κ2) is 9.05. The molecular formula is C19H18BrN3O3S. The number of ether oxygens (including phenoxy) is 1. The van der Waals surface area contributed by atoms with Crippen LogP contribution >= 0.6 is 27.7 Å². The Hall–Kier alpha value is -2.32. The molecule has 3 rings (SSSR count). The topological polar surface area (TPSA) is 77.2 Å². The van der Waals surface area contributed by atoms with Crippen molar-refractivity contribution in [3.8, 4) is 5.75 Å². The van der Waals surface area contributed by atoms with Gasteiger partial charge in [-0.15, -0.1) is 10.2 Å². The number of benzene rings is 2. The molecule has 0 radical (unpaired) electrons. The summed E-state index contributed by atoms with van der Waals surface area (Å²) in [6.45, 7) is 3.96. The van der Waals surface area contributed by atoms with Gasteiger partial charge < -0.3 is 14.5 Å². The van der Waals surface area contributed by atoms with Crippen LogP contribution in [0.15, 0.2) is 62.6 Å². The van der Waals surface area contributed by atoms with E-state index < -0.39 is 0 Å². The number of anilines is 1. The molecule has 1 N–H and O–H groups in total. The minimum atomic E-state index is -0.389. The molecule has 140 valence electrons. The third-order valence-corrected chi connectivity index (χ3v) is 5.02. The van der Waals surface area contributed by atoms with Gasteiger partial charge in [0.25, 0.3) is 11.1 Å². The first-order valence-electron chi connectivity index (χ1n) is 8.24. The Labute approximate surface area is 169 Å². The zero-order valence-corrected chi connectivity index (χ0v) is 17.2. The molecule has 1 atom stereocenters. The first kappa shape index (κ1) is 19.4. The summed E-state index contributed by atoms with van der Waals surface area (Å²) < 4.78 is 12.1. The summed E-state index contributed by atoms with van der Waals surface area (Å²) in [5.41, 5.74) is 1.84. The Balaban J connectivity index is 1.51. The van der Waals surface area contributed by atoms with E-state index >= 15 is 0 Å². The minimum Gasteiger partial charge on any atom is -0.484 e. The van der Waals surface area contributed by atoms with Crippen LogP contribution in [0.1, 0.15) is 18.4 Å². The van der Waals surface area contributed by atoms with Crippen LogP contribution in [-0.2, 0) is 11.4 Å². The molecule has 27 heavy (non-hydrogen) atoms. The van der Waals surface area contributed by atoms with Crippen LogP contribution in [-0.4, -0.2) is 21.4 Å². The number of aromatic nitrogens is 2. The number of amides is 1. The Morgan fingerprint density at radius 2 is 2.04 bits per heavy atom. The average molecular weight is 448 g/mol. The largest absolute Gasteiger partial charge is 0.484 e. The number of carbonyl (C=O) groups is 1. The van der Waals surface area contributed by atoms with Crippen LogP contribution in [0.2, 0.25) is 0 Å². The molecule has 1 heterocycles. The van der Waals surface area contributed by atoms with Gasteiger partial charge in [-0.25, -0.2) is 0 Å². The predicted molar refractivity (Wildman–Crippen MR) is 108 cm³/mol. The summed E-state index contributed by atoms with van der Waals surface area (Å²) in [5, 5.41) is 10.7. The Kier molecular flexibility index (Phi) is 6.52. The zero-order chi connectivity index (χ0) is 19.2. The molecule has 0 unspecified atom stereocenters. The van der Waals surface area contributed by atoms with Gasteiger partial charge in [0.1, 0.15) is 5.75 Å². The summed E-state index contributed by atoms with van der Waals surface area (Å²) in [7, 11) is 0. The van der Waals surface area contributed by atoms with Crippen molar-refractivity contribution in [2.45, 2.75) is 30.9 Å². The fourth-order valence-electron chi connectivity index (χ4n) is 2.18. The molecule has 0 saturated carbocycles. The molecule has 6 nitrogen and oxygen atoms in total. The third-order valence-electron chi connectivity index (χ3n) is 3.56. The number of nitrogens with zero attached hydrogens (tertiary/aromatic N) is 2. The van der Waals surface area contributed by atoms with Crippen LogP contribution in [0, 0.1) is 6.92 Å². The minimum absolute atomic E-state index is 0.141. The monoisotopic (exact) mass is 447 g/mol. The maximum atomic E-state index is 12.3. The lowest BCUT2D eigenvalue weighted by molar-refractivity contribution is -0.115. The molecule has 0 aliphatic heterocycles. The fourth-order valence-corrected chi connectivity index (χ4v) is 3.14. The second-order valence-electron chi connectivity index (χ2n) is 5.82. The van der Waals surface area contributed by atoms with E-state index in [0.717, 1.165) is 21.5 Å². The normalized spacial score (nSPS) is 11.8. The van der Waals surface area contributed by atoms with Crippen LogP contribution in [0.3, 0.4) is 0 Å². The lowest BCUT2D eigenvalue weighted by Gasteiger charge is -2.09. The van der Waals surface area contributed by atoms with Crippen LogP contribution in [0.4, 0.5) is 5.69 Å². The van der Waals surface area contributed by atoms with Gasteiger partial charge in [-0.1, -0.05) is 39.8 Å². The van der Waals surface area contributed by atoms with E-state index in [0.29, 0.717) is 11.1 Å². The van der Waals surface area contributed by atoms with Crippen LogP contribution in [0.25, 0.3) is 0 Å². The highest BCUT2D eigenvalue weighted by molar-refractivity contribution is 9.10. The lowest BCUT2D eigenvalue weighted by atomic mass is 10.2. The molecule has 3 aromatic rings. The molecule has 2 aromatic carbocycles. The van der Waals surface area contributed by atoms with Gasteiger partial charge in [0, 0.05) is 10.2 Å². The van der Waals surface area contributed by atoms with Gasteiger partial charge in [0.15, 0.2) is 6.61 Å². The SMILES string of the molecule is Cc1cccc(OCc2nnc(S[C@H](C)C(=O)Nc3ccc(Br)cc3)o2)c1. The van der Waals surface area contributed by atoms with E-state index in [-0.39, 0.29) is 17.8 Å². The lowest BCUT2D eigenvalue weighted by Crippen LogP contribution is -2.22. The van der Waals surface area contributed by atoms with Crippen molar-refractivity contribution in [2.24, 2.45) is 0 Å². The van der Waals surface area contributed by atoms with E-state index in [9.17, 15) is 4.79 Å². The number of rotatable bonds is 7. The average Bonchev–Trinajstić information content (AvgIpc) is 3.09. The maximum Gasteiger partial charge on any atom is 0.277 e. The van der Waals surface area contributed by atoms with E-state index in [2.05, 4.69) is 31.4 Å². The Bertz CT molecular complexity index is 915. The summed E-state index contributed by atoms with van der Waals surface area (Å²) in [4.78, 5) is 12.3. The number of carbonyl (C=O) groups excluding carboxylic acids is 1. The quantitative estimate of drug-likeness (QED) is 0.522. The molecule has 8 heteroatoms. The van der Waals surface area contributed by atoms with Crippen molar-refractivity contribution in [2.75, 3.05) is 5.32 Å². The Morgan fingerprint density at radius 1 is 1.26 bits per heavy atom. The summed E-state index contributed by atoms with van der Waals surface area (Å²) >= 11 is 4.57. The first-order chi connectivity index (χ1) is 13.0. The van der Waals surface area contributed by atoms with E-state index in [1.807, 2.05) is 55.5 Å². The van der Waals surface area contributed by atoms with Gasteiger partial charge in [-0.05, 0) is 55.8 Å². The molecular weight excluding hydrogens is 430 g/mol. The standard InChI is InChI=1S/C19H18BrN3O3S/c1-12-4-3-5-16(10-12)25-11-17-22-23-19(26-17)27-13(2)18(24)21-15-8-6-14(20)7-9-15/h3-10,13H,11H2,1-2H3,(H,21,24)/t13-/m1/s1. The molecule has 0 saturated heterocycles. The van der Waals surface area contributed by atoms with E-state index in [1.165, 1.54) is 11.8 Å². The van der Waals surface area contributed by atoms with Gasteiger partial charge in [-0.3, -0.25) is 4.79 Å². The number of aryl methyl sites for hydroxylation is 1. The summed E-state index contributed by atoms with van der Waals surface area (Å²) in [6.07, 6.45) is 0. The molecule has 0 spiro atoms. The number of hydrogen-bond acceptors (Lipinski definition) is 6. The number of nitrogens with one attached hydrogen (secondary N) is 1.